The molecule has 1 aromatic rings. The number of hydrogen-bond acceptors (Lipinski definition) is 4. The zero-order valence-corrected chi connectivity index (χ0v) is 11.8. The lowest BCUT2D eigenvalue weighted by Crippen LogP contribution is -2.28. The van der Waals surface area contributed by atoms with Crippen LogP contribution in [0.1, 0.15) is 17.3 Å². The summed E-state index contributed by atoms with van der Waals surface area (Å²) in [5, 5.41) is 16.7. The van der Waals surface area contributed by atoms with Crippen molar-refractivity contribution >= 4 is 27.6 Å². The van der Waals surface area contributed by atoms with Gasteiger partial charge in [0, 0.05) is 6.54 Å². The van der Waals surface area contributed by atoms with Crippen LogP contribution in [0.15, 0.2) is 17.0 Å². The second kappa shape index (κ2) is 6.17. The van der Waals surface area contributed by atoms with Gasteiger partial charge in [-0.05, 0) is 19.1 Å². The highest BCUT2D eigenvalue weighted by Crippen LogP contribution is 2.24. The Balaban J connectivity index is 3.20. The van der Waals surface area contributed by atoms with Gasteiger partial charge in [-0.1, -0.05) is 11.6 Å². The first-order chi connectivity index (χ1) is 9.19. The van der Waals surface area contributed by atoms with Gasteiger partial charge in [0.15, 0.2) is 0 Å². The minimum absolute atomic E-state index is 0.175. The molecule has 0 amide bonds. The number of nitrogens with one attached hydrogen (secondary N) is 1. The fourth-order valence-electron chi connectivity index (χ4n) is 1.24. The summed E-state index contributed by atoms with van der Waals surface area (Å²) in [7, 11) is -4.12. The summed E-state index contributed by atoms with van der Waals surface area (Å²) in [6.45, 7) is 1.32. The highest BCUT2D eigenvalue weighted by molar-refractivity contribution is 7.89. The Morgan fingerprint density at radius 3 is 2.70 bits per heavy atom. The van der Waals surface area contributed by atoms with Crippen LogP contribution in [0, 0.1) is 23.1 Å². The number of aromatic carboxylic acids is 1. The topological polar surface area (TPSA) is 107 Å². The van der Waals surface area contributed by atoms with Crippen LogP contribution in [0.4, 0.5) is 4.39 Å². The molecule has 1 unspecified atom stereocenters. The lowest BCUT2D eigenvalue weighted by Gasteiger charge is -2.09. The van der Waals surface area contributed by atoms with Crippen LogP contribution in [0.25, 0.3) is 0 Å². The van der Waals surface area contributed by atoms with Gasteiger partial charge in [0.25, 0.3) is 0 Å². The predicted molar refractivity (Wildman–Crippen MR) is 68.3 cm³/mol. The fourth-order valence-corrected chi connectivity index (χ4v) is 2.60. The number of halogens is 2. The van der Waals surface area contributed by atoms with Crippen LogP contribution in [-0.4, -0.2) is 26.0 Å². The van der Waals surface area contributed by atoms with Gasteiger partial charge in [-0.3, -0.25) is 0 Å². The van der Waals surface area contributed by atoms with Crippen molar-refractivity contribution < 1.29 is 22.7 Å². The fraction of sp³-hybridized carbons (Fsp3) is 0.273. The molecule has 0 aliphatic carbocycles. The van der Waals surface area contributed by atoms with E-state index in [1.807, 2.05) is 6.07 Å². The number of carboxylic acid groups (broad SMARTS) is 1. The van der Waals surface area contributed by atoms with E-state index in [1.165, 1.54) is 6.92 Å². The zero-order valence-electron chi connectivity index (χ0n) is 10.2. The van der Waals surface area contributed by atoms with Crippen LogP contribution < -0.4 is 4.72 Å². The smallest absolute Gasteiger partial charge is 0.337 e. The van der Waals surface area contributed by atoms with Gasteiger partial charge in [0.2, 0.25) is 10.0 Å². The molecule has 9 heteroatoms. The van der Waals surface area contributed by atoms with Crippen LogP contribution in [-0.2, 0) is 10.0 Å². The highest BCUT2D eigenvalue weighted by Gasteiger charge is 2.22. The molecule has 0 heterocycles. The minimum Gasteiger partial charge on any atom is -0.478 e. The summed E-state index contributed by atoms with van der Waals surface area (Å²) < 4.78 is 39.3. The molecule has 6 nitrogen and oxygen atoms in total. The van der Waals surface area contributed by atoms with E-state index >= 15 is 0 Å². The van der Waals surface area contributed by atoms with Crippen molar-refractivity contribution in [2.24, 2.45) is 5.92 Å². The summed E-state index contributed by atoms with van der Waals surface area (Å²) in [4.78, 5) is 10.3. The van der Waals surface area contributed by atoms with Gasteiger partial charge in [-0.2, -0.15) is 5.26 Å². The van der Waals surface area contributed by atoms with Crippen LogP contribution in [0.3, 0.4) is 0 Å². The number of benzene rings is 1. The van der Waals surface area contributed by atoms with Crippen molar-refractivity contribution in [2.75, 3.05) is 6.54 Å². The van der Waals surface area contributed by atoms with E-state index in [0.717, 1.165) is 6.07 Å². The van der Waals surface area contributed by atoms with E-state index in [1.54, 1.807) is 0 Å². The van der Waals surface area contributed by atoms with Crippen molar-refractivity contribution in [2.45, 2.75) is 11.8 Å². The summed E-state index contributed by atoms with van der Waals surface area (Å²) in [5.74, 6) is -3.28. The number of nitrogens with zero attached hydrogens (tertiary/aromatic N) is 1. The lowest BCUT2D eigenvalue weighted by molar-refractivity contribution is 0.0696. The summed E-state index contributed by atoms with van der Waals surface area (Å²) >= 11 is 5.45. The molecular weight excluding hydrogens is 311 g/mol. The standard InChI is InChI=1S/C11H10ClFN2O4S/c1-6(4-14)5-15-20(18,19)7-2-8(11(16)17)10(12)9(13)3-7/h2-3,6,15H,5H2,1H3,(H,16,17). The molecule has 0 aliphatic rings. The molecular formula is C11H10ClFN2O4S. The third-order valence-electron chi connectivity index (χ3n) is 2.34. The number of carboxylic acids is 1. The van der Waals surface area contributed by atoms with E-state index in [4.69, 9.17) is 22.0 Å². The molecule has 0 saturated heterocycles. The predicted octanol–water partition coefficient (Wildman–Crippen LogP) is 1.62. The van der Waals surface area contributed by atoms with E-state index in [2.05, 4.69) is 4.72 Å². The average Bonchev–Trinajstić information content (AvgIpc) is 2.38. The van der Waals surface area contributed by atoms with Gasteiger partial charge < -0.3 is 5.11 Å². The van der Waals surface area contributed by atoms with Gasteiger partial charge >= 0.3 is 5.97 Å². The van der Waals surface area contributed by atoms with Crippen molar-refractivity contribution in [3.8, 4) is 6.07 Å². The largest absolute Gasteiger partial charge is 0.478 e. The molecule has 0 bridgehead atoms. The SMILES string of the molecule is CC(C#N)CNS(=O)(=O)c1cc(F)c(Cl)c(C(=O)O)c1. The molecule has 20 heavy (non-hydrogen) atoms. The third-order valence-corrected chi connectivity index (χ3v) is 4.13. The first-order valence-corrected chi connectivity index (χ1v) is 7.16. The van der Waals surface area contributed by atoms with Crippen LogP contribution in [0.5, 0.6) is 0 Å². The van der Waals surface area contributed by atoms with Gasteiger partial charge in [0.1, 0.15) is 5.82 Å². The molecule has 1 atom stereocenters. The number of hydrogen-bond donors (Lipinski definition) is 2. The average molecular weight is 321 g/mol. The first kappa shape index (κ1) is 16.4. The van der Waals surface area contributed by atoms with Gasteiger partial charge in [-0.15, -0.1) is 0 Å². The molecule has 1 aromatic carbocycles. The van der Waals surface area contributed by atoms with Gasteiger partial charge in [0.05, 0.1) is 27.5 Å². The summed E-state index contributed by atoms with van der Waals surface area (Å²) in [6, 6.07) is 3.20. The van der Waals surface area contributed by atoms with Crippen LogP contribution >= 0.6 is 11.6 Å². The summed E-state index contributed by atoms with van der Waals surface area (Å²) in [6.07, 6.45) is 0. The quantitative estimate of drug-likeness (QED) is 0.857. The second-order valence-corrected chi connectivity index (χ2v) is 6.10. The van der Waals surface area contributed by atoms with E-state index < -0.39 is 43.2 Å². The Bertz CT molecular complexity index is 684. The van der Waals surface area contributed by atoms with Crippen molar-refractivity contribution in [1.82, 2.24) is 4.72 Å². The van der Waals surface area contributed by atoms with Crippen molar-refractivity contribution in [3.63, 3.8) is 0 Å². The van der Waals surface area contributed by atoms with E-state index in [0.29, 0.717) is 6.07 Å². The molecule has 108 valence electrons. The number of rotatable bonds is 5. The number of carbonyl (C=O) groups is 1. The molecule has 2 N–H and O–H groups in total. The van der Waals surface area contributed by atoms with E-state index in [-0.39, 0.29) is 6.54 Å². The third kappa shape index (κ3) is 3.66. The maximum atomic E-state index is 13.5. The molecule has 1 rings (SSSR count). The van der Waals surface area contributed by atoms with Crippen molar-refractivity contribution in [1.29, 1.82) is 5.26 Å². The monoisotopic (exact) mass is 320 g/mol. The number of sulfonamides is 1. The van der Waals surface area contributed by atoms with Crippen LogP contribution in [0.2, 0.25) is 5.02 Å². The second-order valence-electron chi connectivity index (χ2n) is 3.95. The Morgan fingerprint density at radius 2 is 2.20 bits per heavy atom. The molecule has 0 spiro atoms. The summed E-state index contributed by atoms with van der Waals surface area (Å²) in [5.41, 5.74) is -0.652. The molecule has 0 aromatic heterocycles. The highest BCUT2D eigenvalue weighted by atomic mass is 35.5. The molecule has 0 radical (unpaired) electrons. The maximum absolute atomic E-state index is 13.5. The Kier molecular flexibility index (Phi) is 5.05. The van der Waals surface area contributed by atoms with Gasteiger partial charge in [-0.25, -0.2) is 22.3 Å². The van der Waals surface area contributed by atoms with E-state index in [9.17, 15) is 17.6 Å². The maximum Gasteiger partial charge on any atom is 0.337 e. The first-order valence-electron chi connectivity index (χ1n) is 5.30. The van der Waals surface area contributed by atoms with Crippen molar-refractivity contribution in [3.05, 3.63) is 28.5 Å². The lowest BCUT2D eigenvalue weighted by atomic mass is 10.2. The Labute approximate surface area is 119 Å². The Morgan fingerprint density at radius 1 is 1.60 bits per heavy atom. The molecule has 0 fully saturated rings. The number of nitriles is 1. The Hall–Kier alpha value is -1.69. The zero-order chi connectivity index (χ0) is 15.5. The molecule has 0 aliphatic heterocycles. The normalized spacial score (nSPS) is 12.7. The molecule has 0 saturated carbocycles. The minimum atomic E-state index is -4.12.